The highest BCUT2D eigenvalue weighted by Gasteiger charge is 2.13. The van der Waals surface area contributed by atoms with Gasteiger partial charge in [-0.1, -0.05) is 34.1 Å². The van der Waals surface area contributed by atoms with E-state index in [1.807, 2.05) is 37.5 Å². The molecule has 0 N–H and O–H groups in total. The first kappa shape index (κ1) is 13.8. The summed E-state index contributed by atoms with van der Waals surface area (Å²) < 4.78 is 4.49. The van der Waals surface area contributed by atoms with E-state index in [-0.39, 0.29) is 0 Å². The van der Waals surface area contributed by atoms with Crippen LogP contribution in [0, 0.1) is 0 Å². The second kappa shape index (κ2) is 5.65. The van der Waals surface area contributed by atoms with E-state index in [0.29, 0.717) is 17.8 Å². The highest BCUT2D eigenvalue weighted by Crippen LogP contribution is 2.22. The van der Waals surface area contributed by atoms with Crippen LogP contribution in [0.1, 0.15) is 15.9 Å². The molecule has 0 aliphatic rings. The Bertz CT molecular complexity index is 791. The predicted octanol–water partition coefficient (Wildman–Crippen LogP) is 2.91. The van der Waals surface area contributed by atoms with E-state index < -0.39 is 0 Å². The van der Waals surface area contributed by atoms with Crippen molar-refractivity contribution in [3.63, 3.8) is 0 Å². The van der Waals surface area contributed by atoms with Gasteiger partial charge in [0.2, 0.25) is 0 Å². The zero-order valence-corrected chi connectivity index (χ0v) is 13.0. The van der Waals surface area contributed by atoms with Crippen molar-refractivity contribution in [2.45, 2.75) is 6.54 Å². The van der Waals surface area contributed by atoms with Gasteiger partial charge in [-0.3, -0.25) is 14.2 Å². The molecule has 3 aromatic rings. The van der Waals surface area contributed by atoms with Crippen LogP contribution in [0.5, 0.6) is 0 Å². The number of nitrogens with zero attached hydrogens (tertiary/aromatic N) is 4. The lowest BCUT2D eigenvalue weighted by molar-refractivity contribution is 0.112. The molecule has 0 spiro atoms. The summed E-state index contributed by atoms with van der Waals surface area (Å²) in [5.41, 5.74) is 3.17. The highest BCUT2D eigenvalue weighted by molar-refractivity contribution is 9.10. The molecular weight excluding hydrogens is 332 g/mol. The Balaban J connectivity index is 1.96. The number of aryl methyl sites for hydroxylation is 1. The minimum atomic E-state index is 0.565. The summed E-state index contributed by atoms with van der Waals surface area (Å²) in [6.07, 6.45) is 6.14. The molecule has 21 heavy (non-hydrogen) atoms. The van der Waals surface area contributed by atoms with Crippen LogP contribution in [-0.4, -0.2) is 25.8 Å². The van der Waals surface area contributed by atoms with E-state index in [1.165, 1.54) is 0 Å². The van der Waals surface area contributed by atoms with Gasteiger partial charge in [0.1, 0.15) is 5.69 Å². The summed E-state index contributed by atoms with van der Waals surface area (Å²) in [6.45, 7) is 0.600. The number of aromatic nitrogens is 4. The number of hydrogen-bond acceptors (Lipinski definition) is 3. The molecule has 0 amide bonds. The summed E-state index contributed by atoms with van der Waals surface area (Å²) in [5.74, 6) is 0. The third kappa shape index (κ3) is 2.80. The summed E-state index contributed by atoms with van der Waals surface area (Å²) in [7, 11) is 1.84. The van der Waals surface area contributed by atoms with Gasteiger partial charge in [-0.05, 0) is 11.6 Å². The Morgan fingerprint density at radius 1 is 1.29 bits per heavy atom. The molecule has 2 aromatic heterocycles. The maximum Gasteiger partial charge on any atom is 0.153 e. The summed E-state index contributed by atoms with van der Waals surface area (Å²) in [4.78, 5) is 11.3. The molecular formula is C15H13BrN4O. The maximum atomic E-state index is 11.3. The fourth-order valence-corrected chi connectivity index (χ4v) is 2.58. The van der Waals surface area contributed by atoms with Gasteiger partial charge in [0, 0.05) is 29.5 Å². The highest BCUT2D eigenvalue weighted by atomic mass is 79.9. The minimum Gasteiger partial charge on any atom is -0.298 e. The molecule has 0 radical (unpaired) electrons. The second-order valence-electron chi connectivity index (χ2n) is 4.74. The lowest BCUT2D eigenvalue weighted by atomic mass is 10.2. The van der Waals surface area contributed by atoms with Crippen LogP contribution in [0.3, 0.4) is 0 Å². The molecule has 0 unspecified atom stereocenters. The number of aldehydes is 1. The first-order valence-corrected chi connectivity index (χ1v) is 7.21. The van der Waals surface area contributed by atoms with Crippen LogP contribution in [0.15, 0.2) is 47.3 Å². The Hall–Kier alpha value is -2.21. The molecule has 0 aliphatic carbocycles. The SMILES string of the molecule is Cn1cc(-c2nn(Cc3ccccc3Br)cc2C=O)cn1. The zero-order chi connectivity index (χ0) is 14.8. The van der Waals surface area contributed by atoms with Gasteiger partial charge >= 0.3 is 0 Å². The summed E-state index contributed by atoms with van der Waals surface area (Å²) in [6, 6.07) is 7.96. The van der Waals surface area contributed by atoms with Gasteiger partial charge in [-0.25, -0.2) is 0 Å². The van der Waals surface area contributed by atoms with Crippen LogP contribution in [0.4, 0.5) is 0 Å². The van der Waals surface area contributed by atoms with Crippen LogP contribution < -0.4 is 0 Å². The Labute approximate surface area is 130 Å². The summed E-state index contributed by atoms with van der Waals surface area (Å²) in [5, 5.41) is 8.63. The minimum absolute atomic E-state index is 0.565. The monoisotopic (exact) mass is 344 g/mol. The van der Waals surface area contributed by atoms with Crippen molar-refractivity contribution in [2.75, 3.05) is 0 Å². The first-order chi connectivity index (χ1) is 10.2. The van der Waals surface area contributed by atoms with Crippen molar-refractivity contribution in [2.24, 2.45) is 7.05 Å². The molecule has 0 fully saturated rings. The van der Waals surface area contributed by atoms with Gasteiger partial charge in [-0.2, -0.15) is 10.2 Å². The fraction of sp³-hybridized carbons (Fsp3) is 0.133. The lowest BCUT2D eigenvalue weighted by Crippen LogP contribution is -2.01. The fourth-order valence-electron chi connectivity index (χ4n) is 2.17. The topological polar surface area (TPSA) is 52.7 Å². The molecule has 1 aromatic carbocycles. The van der Waals surface area contributed by atoms with Crippen LogP contribution >= 0.6 is 15.9 Å². The van der Waals surface area contributed by atoms with E-state index in [1.54, 1.807) is 21.8 Å². The lowest BCUT2D eigenvalue weighted by Gasteiger charge is -2.04. The van der Waals surface area contributed by atoms with Gasteiger partial charge < -0.3 is 0 Å². The molecule has 0 atom stereocenters. The number of rotatable bonds is 4. The number of carbonyl (C=O) groups excluding carboxylic acids is 1. The van der Waals surface area contributed by atoms with Gasteiger partial charge in [0.05, 0.1) is 18.3 Å². The van der Waals surface area contributed by atoms with E-state index in [0.717, 1.165) is 21.9 Å². The average Bonchev–Trinajstić information content (AvgIpc) is 3.07. The third-order valence-electron chi connectivity index (χ3n) is 3.19. The van der Waals surface area contributed by atoms with Crippen molar-refractivity contribution >= 4 is 22.2 Å². The Kier molecular flexibility index (Phi) is 3.70. The molecule has 0 saturated heterocycles. The van der Waals surface area contributed by atoms with Crippen molar-refractivity contribution in [3.05, 3.63) is 58.5 Å². The zero-order valence-electron chi connectivity index (χ0n) is 11.4. The van der Waals surface area contributed by atoms with E-state index in [9.17, 15) is 4.79 Å². The number of benzene rings is 1. The van der Waals surface area contributed by atoms with Crippen molar-refractivity contribution in [1.82, 2.24) is 19.6 Å². The van der Waals surface area contributed by atoms with Gasteiger partial charge in [-0.15, -0.1) is 0 Å². The maximum absolute atomic E-state index is 11.3. The van der Waals surface area contributed by atoms with Gasteiger partial charge in [0.15, 0.2) is 6.29 Å². The van der Waals surface area contributed by atoms with E-state index in [2.05, 4.69) is 26.1 Å². The smallest absolute Gasteiger partial charge is 0.153 e. The van der Waals surface area contributed by atoms with E-state index >= 15 is 0 Å². The van der Waals surface area contributed by atoms with Gasteiger partial charge in [0.25, 0.3) is 0 Å². The van der Waals surface area contributed by atoms with Crippen LogP contribution in [0.2, 0.25) is 0 Å². The molecule has 5 nitrogen and oxygen atoms in total. The van der Waals surface area contributed by atoms with Crippen molar-refractivity contribution in [1.29, 1.82) is 0 Å². The molecule has 0 aliphatic heterocycles. The van der Waals surface area contributed by atoms with Crippen LogP contribution in [0.25, 0.3) is 11.3 Å². The van der Waals surface area contributed by atoms with Crippen LogP contribution in [-0.2, 0) is 13.6 Å². The predicted molar refractivity (Wildman–Crippen MR) is 83.1 cm³/mol. The summed E-state index contributed by atoms with van der Waals surface area (Å²) >= 11 is 3.52. The van der Waals surface area contributed by atoms with Crippen molar-refractivity contribution < 1.29 is 4.79 Å². The Morgan fingerprint density at radius 3 is 2.76 bits per heavy atom. The number of hydrogen-bond donors (Lipinski definition) is 0. The first-order valence-electron chi connectivity index (χ1n) is 6.42. The third-order valence-corrected chi connectivity index (χ3v) is 3.96. The molecule has 2 heterocycles. The number of carbonyl (C=O) groups is 1. The molecule has 3 rings (SSSR count). The molecule has 0 saturated carbocycles. The number of halogens is 1. The average molecular weight is 345 g/mol. The standard InChI is InChI=1S/C15H13BrN4O/c1-19-7-12(6-17-19)15-13(10-21)9-20(18-15)8-11-4-2-3-5-14(11)16/h2-7,9-10H,8H2,1H3. The largest absolute Gasteiger partial charge is 0.298 e. The van der Waals surface area contributed by atoms with Crippen molar-refractivity contribution in [3.8, 4) is 11.3 Å². The normalized spacial score (nSPS) is 10.8. The Morgan fingerprint density at radius 2 is 2.10 bits per heavy atom. The second-order valence-corrected chi connectivity index (χ2v) is 5.60. The molecule has 106 valence electrons. The quantitative estimate of drug-likeness (QED) is 0.684. The van der Waals surface area contributed by atoms with E-state index in [4.69, 9.17) is 0 Å². The molecule has 0 bridgehead atoms. The molecule has 6 heteroatoms.